The van der Waals surface area contributed by atoms with Crippen molar-refractivity contribution in [1.82, 2.24) is 10.2 Å². The number of hydrogen-bond donors (Lipinski definition) is 2. The number of carbonyl (C=O) groups is 3. The minimum absolute atomic E-state index is 0.201. The highest BCUT2D eigenvalue weighted by molar-refractivity contribution is 6.13. The number of anilines is 1. The van der Waals surface area contributed by atoms with Crippen molar-refractivity contribution in [2.45, 2.75) is 13.2 Å². The number of nitrogens with one attached hydrogen (secondary N) is 1. The Balaban J connectivity index is 3.05. The largest absolute Gasteiger partial charge is 0.374 e. The lowest BCUT2D eigenvalue weighted by molar-refractivity contribution is -0.107. The third-order valence-corrected chi connectivity index (χ3v) is 2.61. The summed E-state index contributed by atoms with van der Waals surface area (Å²) in [6.45, 7) is 1.21. The van der Waals surface area contributed by atoms with E-state index in [4.69, 9.17) is 0 Å². The van der Waals surface area contributed by atoms with Gasteiger partial charge in [-0.3, -0.25) is 0 Å². The van der Waals surface area contributed by atoms with E-state index in [1.54, 1.807) is 30.3 Å². The molecule has 4 amide bonds. The van der Waals surface area contributed by atoms with Crippen molar-refractivity contribution in [2.24, 2.45) is 0 Å². The number of benzene rings is 1. The highest BCUT2D eigenvalue weighted by Crippen LogP contribution is 2.16. The zero-order valence-corrected chi connectivity index (χ0v) is 11.3. The van der Waals surface area contributed by atoms with Crippen molar-refractivity contribution in [3.05, 3.63) is 30.3 Å². The van der Waals surface area contributed by atoms with E-state index in [-0.39, 0.29) is 6.54 Å². The second-order valence-corrected chi connectivity index (χ2v) is 4.05. The highest BCUT2D eigenvalue weighted by Gasteiger charge is 2.27. The normalized spacial score (nSPS) is 11.3. The molecular weight excluding hydrogens is 262 g/mol. The maximum absolute atomic E-state index is 12.2. The number of imide groups is 1. The Morgan fingerprint density at radius 2 is 1.95 bits per heavy atom. The molecular formula is C13H17N3O4. The van der Waals surface area contributed by atoms with Gasteiger partial charge in [-0.1, -0.05) is 18.2 Å². The molecule has 0 bridgehead atoms. The van der Waals surface area contributed by atoms with Gasteiger partial charge in [-0.15, -0.1) is 0 Å². The molecule has 1 aromatic carbocycles. The van der Waals surface area contributed by atoms with Crippen LogP contribution in [0, 0.1) is 0 Å². The van der Waals surface area contributed by atoms with Crippen LogP contribution in [0.2, 0.25) is 0 Å². The number of para-hydroxylation sites is 1. The number of rotatable bonds is 4. The van der Waals surface area contributed by atoms with Gasteiger partial charge in [-0.2, -0.15) is 0 Å². The van der Waals surface area contributed by atoms with Gasteiger partial charge in [-0.05, 0) is 19.1 Å². The number of hydrogen-bond acceptors (Lipinski definition) is 4. The standard InChI is InChI=1S/C13H17N3O4/c1-10(18)15(2)13(20)16(12(19)14-8-9-17)11-6-4-3-5-7-11/h3-7,9-10,18H,8H2,1-2H3,(H,14,19). The van der Waals surface area contributed by atoms with Gasteiger partial charge in [-0.25, -0.2) is 14.5 Å². The monoisotopic (exact) mass is 279 g/mol. The second-order valence-electron chi connectivity index (χ2n) is 4.05. The summed E-state index contributed by atoms with van der Waals surface area (Å²) in [5, 5.41) is 11.7. The summed E-state index contributed by atoms with van der Waals surface area (Å²) in [4.78, 5) is 36.4. The second kappa shape index (κ2) is 7.25. The van der Waals surface area contributed by atoms with Gasteiger partial charge in [0.2, 0.25) is 0 Å². The van der Waals surface area contributed by atoms with E-state index >= 15 is 0 Å². The van der Waals surface area contributed by atoms with Crippen LogP contribution in [0.25, 0.3) is 0 Å². The fourth-order valence-electron chi connectivity index (χ4n) is 1.42. The van der Waals surface area contributed by atoms with Crippen molar-refractivity contribution < 1.29 is 19.5 Å². The van der Waals surface area contributed by atoms with Crippen LogP contribution in [0.1, 0.15) is 6.92 Å². The van der Waals surface area contributed by atoms with E-state index in [0.717, 1.165) is 9.80 Å². The topological polar surface area (TPSA) is 89.9 Å². The van der Waals surface area contributed by atoms with Crippen molar-refractivity contribution in [2.75, 3.05) is 18.5 Å². The molecule has 0 heterocycles. The van der Waals surface area contributed by atoms with Crippen LogP contribution < -0.4 is 10.2 Å². The first-order valence-electron chi connectivity index (χ1n) is 6.00. The first kappa shape index (κ1) is 15.6. The molecule has 1 atom stereocenters. The molecule has 0 aliphatic rings. The Morgan fingerprint density at radius 3 is 2.45 bits per heavy atom. The molecule has 0 radical (unpaired) electrons. The zero-order valence-electron chi connectivity index (χ0n) is 11.3. The third kappa shape index (κ3) is 3.79. The summed E-state index contributed by atoms with van der Waals surface area (Å²) >= 11 is 0. The SMILES string of the molecule is CC(O)N(C)C(=O)N(C(=O)NCC=O)c1ccccc1. The van der Waals surface area contributed by atoms with Crippen LogP contribution in [0.5, 0.6) is 0 Å². The van der Waals surface area contributed by atoms with Crippen LogP contribution in [0.4, 0.5) is 15.3 Å². The molecule has 7 heteroatoms. The van der Waals surface area contributed by atoms with Gasteiger partial charge in [0.05, 0.1) is 12.2 Å². The summed E-state index contributed by atoms with van der Waals surface area (Å²) in [6, 6.07) is 6.81. The first-order chi connectivity index (χ1) is 9.49. The molecule has 1 rings (SSSR count). The van der Waals surface area contributed by atoms with Crippen LogP contribution in [-0.2, 0) is 4.79 Å². The average Bonchev–Trinajstić information content (AvgIpc) is 2.45. The maximum Gasteiger partial charge on any atom is 0.334 e. The fourth-order valence-corrected chi connectivity index (χ4v) is 1.42. The van der Waals surface area contributed by atoms with E-state index in [1.165, 1.54) is 14.0 Å². The van der Waals surface area contributed by atoms with Crippen LogP contribution in [0.15, 0.2) is 30.3 Å². The smallest absolute Gasteiger partial charge is 0.334 e. The van der Waals surface area contributed by atoms with Crippen LogP contribution >= 0.6 is 0 Å². The number of aliphatic hydroxyl groups is 1. The van der Waals surface area contributed by atoms with Gasteiger partial charge < -0.3 is 20.1 Å². The Hall–Kier alpha value is -2.41. The fraction of sp³-hybridized carbons (Fsp3) is 0.308. The minimum Gasteiger partial charge on any atom is -0.374 e. The molecule has 1 aromatic rings. The lowest BCUT2D eigenvalue weighted by atomic mass is 10.3. The van der Waals surface area contributed by atoms with Gasteiger partial charge in [0.1, 0.15) is 12.5 Å². The number of carbonyl (C=O) groups excluding carboxylic acids is 3. The van der Waals surface area contributed by atoms with E-state index < -0.39 is 18.3 Å². The first-order valence-corrected chi connectivity index (χ1v) is 6.00. The van der Waals surface area contributed by atoms with E-state index in [1.807, 2.05) is 0 Å². The Labute approximate surface area is 116 Å². The van der Waals surface area contributed by atoms with Gasteiger partial charge in [0.25, 0.3) is 0 Å². The zero-order chi connectivity index (χ0) is 15.1. The molecule has 2 N–H and O–H groups in total. The lowest BCUT2D eigenvalue weighted by Crippen LogP contribution is -2.51. The summed E-state index contributed by atoms with van der Waals surface area (Å²) in [5.41, 5.74) is 0.341. The van der Waals surface area contributed by atoms with Crippen molar-refractivity contribution in [3.8, 4) is 0 Å². The molecule has 0 aliphatic heterocycles. The predicted molar refractivity (Wildman–Crippen MR) is 73.2 cm³/mol. The lowest BCUT2D eigenvalue weighted by Gasteiger charge is -2.28. The quantitative estimate of drug-likeness (QED) is 0.630. The van der Waals surface area contributed by atoms with Gasteiger partial charge >= 0.3 is 12.1 Å². The Bertz CT molecular complexity index is 476. The summed E-state index contributed by atoms with van der Waals surface area (Å²) in [7, 11) is 1.37. The number of amides is 4. The van der Waals surface area contributed by atoms with Gasteiger partial charge in [0.15, 0.2) is 0 Å². The average molecular weight is 279 g/mol. The number of aliphatic hydroxyl groups excluding tert-OH is 1. The van der Waals surface area contributed by atoms with Gasteiger partial charge in [0, 0.05) is 7.05 Å². The number of aldehydes is 1. The summed E-state index contributed by atoms with van der Waals surface area (Å²) in [5.74, 6) is 0. The van der Waals surface area contributed by atoms with Crippen LogP contribution in [-0.4, -0.2) is 48.2 Å². The van der Waals surface area contributed by atoms with E-state index in [9.17, 15) is 19.5 Å². The minimum atomic E-state index is -1.05. The molecule has 0 fully saturated rings. The van der Waals surface area contributed by atoms with E-state index in [2.05, 4.69) is 5.32 Å². The highest BCUT2D eigenvalue weighted by atomic mass is 16.3. The van der Waals surface area contributed by atoms with E-state index in [0.29, 0.717) is 12.0 Å². The van der Waals surface area contributed by atoms with Crippen molar-refractivity contribution in [3.63, 3.8) is 0 Å². The molecule has 20 heavy (non-hydrogen) atoms. The molecule has 0 aliphatic carbocycles. The maximum atomic E-state index is 12.2. The summed E-state index contributed by atoms with van der Waals surface area (Å²) in [6.07, 6.45) is -0.531. The predicted octanol–water partition coefficient (Wildman–Crippen LogP) is 0.792. The molecule has 0 spiro atoms. The molecule has 108 valence electrons. The molecule has 1 unspecified atom stereocenters. The molecule has 0 aromatic heterocycles. The number of urea groups is 2. The van der Waals surface area contributed by atoms with Crippen molar-refractivity contribution in [1.29, 1.82) is 0 Å². The molecule has 0 saturated heterocycles. The Morgan fingerprint density at radius 1 is 1.35 bits per heavy atom. The number of nitrogens with zero attached hydrogens (tertiary/aromatic N) is 2. The molecule has 7 nitrogen and oxygen atoms in total. The third-order valence-electron chi connectivity index (χ3n) is 2.61. The molecule has 0 saturated carbocycles. The summed E-state index contributed by atoms with van der Waals surface area (Å²) < 4.78 is 0. The van der Waals surface area contributed by atoms with Crippen molar-refractivity contribution >= 4 is 24.0 Å². The van der Waals surface area contributed by atoms with Crippen LogP contribution in [0.3, 0.4) is 0 Å². The Kier molecular flexibility index (Phi) is 5.67.